The van der Waals surface area contributed by atoms with Crippen LogP contribution < -0.4 is 0 Å². The molecule has 0 radical (unpaired) electrons. The molecule has 0 spiro atoms. The fourth-order valence-corrected chi connectivity index (χ4v) is 5.84. The lowest BCUT2D eigenvalue weighted by atomic mass is 9.72. The Labute approximate surface area is 144 Å². The first-order chi connectivity index (χ1) is 11.1. The smallest absolute Gasteiger partial charge is 0.0580 e. The van der Waals surface area contributed by atoms with E-state index in [0.717, 1.165) is 42.1 Å². The Balaban J connectivity index is 1.49. The van der Waals surface area contributed by atoms with Crippen LogP contribution in [-0.2, 0) is 4.74 Å². The van der Waals surface area contributed by atoms with E-state index in [4.69, 9.17) is 4.74 Å². The van der Waals surface area contributed by atoms with Gasteiger partial charge in [0.15, 0.2) is 0 Å². The first-order valence-electron chi connectivity index (χ1n) is 10.7. The molecule has 1 heteroatoms. The first-order valence-corrected chi connectivity index (χ1v) is 10.7. The van der Waals surface area contributed by atoms with Gasteiger partial charge in [0.05, 0.1) is 6.10 Å². The highest BCUT2D eigenvalue weighted by molar-refractivity contribution is 4.84. The van der Waals surface area contributed by atoms with Crippen molar-refractivity contribution in [3.63, 3.8) is 0 Å². The Morgan fingerprint density at radius 2 is 1.57 bits per heavy atom. The highest BCUT2D eigenvalue weighted by Crippen LogP contribution is 2.40. The van der Waals surface area contributed by atoms with Gasteiger partial charge in [0, 0.05) is 6.61 Å². The summed E-state index contributed by atoms with van der Waals surface area (Å²) in [6, 6.07) is 0. The van der Waals surface area contributed by atoms with Crippen molar-refractivity contribution in [2.45, 2.75) is 97.5 Å². The number of hydrogen-bond acceptors (Lipinski definition) is 1. The van der Waals surface area contributed by atoms with Gasteiger partial charge in [-0.05, 0) is 61.2 Å². The van der Waals surface area contributed by atoms with Gasteiger partial charge in [-0.1, -0.05) is 65.7 Å². The lowest BCUT2D eigenvalue weighted by molar-refractivity contribution is -0.0628. The van der Waals surface area contributed by atoms with Gasteiger partial charge >= 0.3 is 0 Å². The van der Waals surface area contributed by atoms with Gasteiger partial charge in [0.25, 0.3) is 0 Å². The van der Waals surface area contributed by atoms with Crippen molar-refractivity contribution >= 4 is 0 Å². The fraction of sp³-hybridized carbons (Fsp3) is 1.00. The van der Waals surface area contributed by atoms with Crippen LogP contribution in [-0.4, -0.2) is 12.7 Å². The van der Waals surface area contributed by atoms with Crippen LogP contribution in [0.15, 0.2) is 0 Å². The zero-order valence-electron chi connectivity index (χ0n) is 15.9. The predicted octanol–water partition coefficient (Wildman–Crippen LogP) is 6.46. The van der Waals surface area contributed by atoms with Crippen LogP contribution in [0.3, 0.4) is 0 Å². The Bertz CT molecular complexity index is 352. The largest absolute Gasteiger partial charge is 0.378 e. The molecule has 0 N–H and O–H groups in total. The highest BCUT2D eigenvalue weighted by Gasteiger charge is 2.33. The molecule has 23 heavy (non-hydrogen) atoms. The second kappa shape index (κ2) is 8.37. The van der Waals surface area contributed by atoms with Gasteiger partial charge in [-0.3, -0.25) is 0 Å². The second-order valence-electron chi connectivity index (χ2n) is 9.56. The highest BCUT2D eigenvalue weighted by atomic mass is 16.5. The molecular weight excluding hydrogens is 280 g/mol. The zero-order valence-corrected chi connectivity index (χ0v) is 15.9. The molecule has 3 fully saturated rings. The van der Waals surface area contributed by atoms with E-state index in [2.05, 4.69) is 20.8 Å². The van der Waals surface area contributed by atoms with Gasteiger partial charge in [-0.15, -0.1) is 0 Å². The van der Waals surface area contributed by atoms with E-state index in [-0.39, 0.29) is 0 Å². The Hall–Kier alpha value is -0.0400. The van der Waals surface area contributed by atoms with Gasteiger partial charge in [0.1, 0.15) is 0 Å². The van der Waals surface area contributed by atoms with Crippen molar-refractivity contribution in [2.24, 2.45) is 35.5 Å². The van der Waals surface area contributed by atoms with Crippen LogP contribution in [0.4, 0.5) is 0 Å². The van der Waals surface area contributed by atoms with E-state index in [1.54, 1.807) is 0 Å². The van der Waals surface area contributed by atoms with Crippen molar-refractivity contribution in [3.05, 3.63) is 0 Å². The van der Waals surface area contributed by atoms with Crippen LogP contribution in [0.5, 0.6) is 0 Å². The molecule has 3 aliphatic rings. The van der Waals surface area contributed by atoms with E-state index in [9.17, 15) is 0 Å². The summed E-state index contributed by atoms with van der Waals surface area (Å²) in [7, 11) is 0. The molecule has 1 aliphatic heterocycles. The van der Waals surface area contributed by atoms with Gasteiger partial charge < -0.3 is 4.74 Å². The van der Waals surface area contributed by atoms with Crippen LogP contribution >= 0.6 is 0 Å². The maximum Gasteiger partial charge on any atom is 0.0580 e. The second-order valence-corrected chi connectivity index (χ2v) is 9.56. The summed E-state index contributed by atoms with van der Waals surface area (Å²) in [4.78, 5) is 0. The summed E-state index contributed by atoms with van der Waals surface area (Å²) in [5, 5.41) is 0. The van der Waals surface area contributed by atoms with Crippen LogP contribution in [0, 0.1) is 35.5 Å². The third-order valence-electron chi connectivity index (χ3n) is 7.50. The minimum Gasteiger partial charge on any atom is -0.378 e. The molecule has 134 valence electrons. The average Bonchev–Trinajstić information content (AvgIpc) is 2.53. The molecule has 0 aromatic heterocycles. The molecule has 0 aromatic carbocycles. The predicted molar refractivity (Wildman–Crippen MR) is 98.5 cm³/mol. The standard InChI is InChI=1S/C22H40O/c1-16-7-6-9-19(11-16)12-21-14-22(23-15-18(21)3)13-20-10-5-4-8-17(20)2/h16-22H,4-15H2,1-3H3/t16-,17?,18?,19?,20?,21+,22?/m1/s1. The number of rotatable bonds is 4. The third-order valence-corrected chi connectivity index (χ3v) is 7.50. The van der Waals surface area contributed by atoms with Gasteiger partial charge in [-0.25, -0.2) is 0 Å². The normalized spacial score (nSPS) is 45.8. The fourth-order valence-electron chi connectivity index (χ4n) is 5.84. The first kappa shape index (κ1) is 17.8. The SMILES string of the molecule is CC1CCCCC1CC1C[C@H](CC2CCC[C@@H](C)C2)C(C)CO1. The van der Waals surface area contributed by atoms with E-state index >= 15 is 0 Å². The number of ether oxygens (including phenoxy) is 1. The molecule has 1 saturated heterocycles. The molecule has 2 saturated carbocycles. The van der Waals surface area contributed by atoms with Crippen molar-refractivity contribution in [1.82, 2.24) is 0 Å². The van der Waals surface area contributed by atoms with Crippen LogP contribution in [0.25, 0.3) is 0 Å². The maximum absolute atomic E-state index is 6.28. The minimum atomic E-state index is 0.572. The lowest BCUT2D eigenvalue weighted by Gasteiger charge is -2.40. The number of hydrogen-bond donors (Lipinski definition) is 0. The summed E-state index contributed by atoms with van der Waals surface area (Å²) in [6.45, 7) is 8.41. The molecule has 5 unspecified atom stereocenters. The van der Waals surface area contributed by atoms with Crippen LogP contribution in [0.1, 0.15) is 91.4 Å². The zero-order chi connectivity index (χ0) is 16.2. The lowest BCUT2D eigenvalue weighted by Crippen LogP contribution is -2.36. The molecule has 0 amide bonds. The third kappa shape index (κ3) is 4.97. The monoisotopic (exact) mass is 320 g/mol. The molecule has 1 heterocycles. The van der Waals surface area contributed by atoms with Crippen molar-refractivity contribution in [1.29, 1.82) is 0 Å². The van der Waals surface area contributed by atoms with E-state index in [1.807, 2.05) is 0 Å². The maximum atomic E-state index is 6.28. The molecule has 0 bridgehead atoms. The molecule has 2 aliphatic carbocycles. The average molecular weight is 321 g/mol. The topological polar surface area (TPSA) is 9.23 Å². The Kier molecular flexibility index (Phi) is 6.46. The molecule has 0 aromatic rings. The Morgan fingerprint density at radius 3 is 2.35 bits per heavy atom. The van der Waals surface area contributed by atoms with Crippen molar-refractivity contribution in [3.8, 4) is 0 Å². The van der Waals surface area contributed by atoms with Crippen LogP contribution in [0.2, 0.25) is 0 Å². The summed E-state index contributed by atoms with van der Waals surface area (Å²) in [5.74, 6) is 5.58. The van der Waals surface area contributed by atoms with Gasteiger partial charge in [-0.2, -0.15) is 0 Å². The molecule has 3 rings (SSSR count). The minimum absolute atomic E-state index is 0.572. The molecular formula is C22H40O. The summed E-state index contributed by atoms with van der Waals surface area (Å²) < 4.78 is 6.28. The summed E-state index contributed by atoms with van der Waals surface area (Å²) in [5.41, 5.74) is 0. The summed E-state index contributed by atoms with van der Waals surface area (Å²) >= 11 is 0. The Morgan fingerprint density at radius 1 is 0.739 bits per heavy atom. The van der Waals surface area contributed by atoms with E-state index < -0.39 is 0 Å². The van der Waals surface area contributed by atoms with Crippen molar-refractivity contribution in [2.75, 3.05) is 6.61 Å². The van der Waals surface area contributed by atoms with Crippen molar-refractivity contribution < 1.29 is 4.74 Å². The van der Waals surface area contributed by atoms with E-state index in [0.29, 0.717) is 6.10 Å². The summed E-state index contributed by atoms with van der Waals surface area (Å²) in [6.07, 6.45) is 16.6. The molecule has 1 nitrogen and oxygen atoms in total. The molecule has 7 atom stereocenters. The van der Waals surface area contributed by atoms with E-state index in [1.165, 1.54) is 70.6 Å². The van der Waals surface area contributed by atoms with Gasteiger partial charge in [0.2, 0.25) is 0 Å². The quantitative estimate of drug-likeness (QED) is 0.577.